The molecule has 0 bridgehead atoms. The van der Waals surface area contributed by atoms with Gasteiger partial charge in [0.15, 0.2) is 0 Å². The molecule has 5 heteroatoms. The van der Waals surface area contributed by atoms with E-state index in [4.69, 9.17) is 11.6 Å². The molecular formula is C10H14ClN3O. The van der Waals surface area contributed by atoms with Crippen molar-refractivity contribution in [3.63, 3.8) is 0 Å². The van der Waals surface area contributed by atoms with E-state index in [1.54, 1.807) is 7.05 Å². The Morgan fingerprint density at radius 3 is 2.93 bits per heavy atom. The van der Waals surface area contributed by atoms with Gasteiger partial charge < -0.3 is 5.32 Å². The summed E-state index contributed by atoms with van der Waals surface area (Å²) in [5.74, 6) is 0.532. The first kappa shape index (κ1) is 10.5. The maximum Gasteiger partial charge on any atom is 0.256 e. The van der Waals surface area contributed by atoms with E-state index in [9.17, 15) is 4.79 Å². The van der Waals surface area contributed by atoms with E-state index in [-0.39, 0.29) is 5.91 Å². The van der Waals surface area contributed by atoms with Gasteiger partial charge in [0.05, 0.1) is 11.8 Å². The molecule has 1 fully saturated rings. The largest absolute Gasteiger partial charge is 0.352 e. The smallest absolute Gasteiger partial charge is 0.256 e. The van der Waals surface area contributed by atoms with Crippen LogP contribution < -0.4 is 5.32 Å². The fraction of sp³-hybridized carbons (Fsp3) is 0.600. The number of halogens is 1. The first-order valence-corrected chi connectivity index (χ1v) is 5.52. The van der Waals surface area contributed by atoms with Crippen molar-refractivity contribution in [1.29, 1.82) is 0 Å². The van der Waals surface area contributed by atoms with Crippen LogP contribution in [0.1, 0.15) is 29.6 Å². The van der Waals surface area contributed by atoms with E-state index in [2.05, 4.69) is 10.4 Å². The molecule has 15 heavy (non-hydrogen) atoms. The van der Waals surface area contributed by atoms with Crippen molar-refractivity contribution in [3.05, 3.63) is 16.9 Å². The summed E-state index contributed by atoms with van der Waals surface area (Å²) in [4.78, 5) is 11.7. The molecule has 1 aliphatic rings. The van der Waals surface area contributed by atoms with Gasteiger partial charge in [-0.3, -0.25) is 9.48 Å². The Kier molecular flexibility index (Phi) is 2.95. The molecule has 82 valence electrons. The van der Waals surface area contributed by atoms with Crippen LogP contribution in [-0.4, -0.2) is 22.2 Å². The molecule has 0 radical (unpaired) electrons. The van der Waals surface area contributed by atoms with Gasteiger partial charge in [-0.25, -0.2) is 0 Å². The van der Waals surface area contributed by atoms with Crippen LogP contribution in [-0.2, 0) is 7.05 Å². The second-order valence-electron chi connectivity index (χ2n) is 3.98. The zero-order valence-electron chi connectivity index (χ0n) is 8.66. The van der Waals surface area contributed by atoms with Crippen molar-refractivity contribution in [2.24, 2.45) is 13.0 Å². The second kappa shape index (κ2) is 4.23. The fourth-order valence-corrected chi connectivity index (χ4v) is 1.78. The minimum atomic E-state index is -0.125. The Balaban J connectivity index is 1.92. The highest BCUT2D eigenvalue weighted by Crippen LogP contribution is 2.25. The zero-order valence-corrected chi connectivity index (χ0v) is 9.42. The van der Waals surface area contributed by atoms with Crippen LogP contribution in [0.4, 0.5) is 0 Å². The van der Waals surface area contributed by atoms with E-state index in [0.29, 0.717) is 16.6 Å². The zero-order chi connectivity index (χ0) is 10.8. The average Bonchev–Trinajstić information content (AvgIpc) is 2.45. The Labute approximate surface area is 93.6 Å². The molecule has 1 aliphatic carbocycles. The van der Waals surface area contributed by atoms with Gasteiger partial charge >= 0.3 is 0 Å². The minimum absolute atomic E-state index is 0.125. The molecule has 0 aliphatic heterocycles. The van der Waals surface area contributed by atoms with Crippen LogP contribution in [0.3, 0.4) is 0 Å². The molecule has 1 saturated carbocycles. The van der Waals surface area contributed by atoms with Crippen LogP contribution in [0.15, 0.2) is 6.20 Å². The van der Waals surface area contributed by atoms with Crippen LogP contribution in [0.2, 0.25) is 5.15 Å². The number of nitrogens with zero attached hydrogens (tertiary/aromatic N) is 2. The summed E-state index contributed by atoms with van der Waals surface area (Å²) in [7, 11) is 1.71. The Morgan fingerprint density at radius 1 is 1.73 bits per heavy atom. The maximum absolute atomic E-state index is 11.7. The number of amides is 1. The van der Waals surface area contributed by atoms with Crippen LogP contribution in [0.25, 0.3) is 0 Å². The summed E-state index contributed by atoms with van der Waals surface area (Å²) in [5.41, 5.74) is 0.457. The quantitative estimate of drug-likeness (QED) is 0.853. The molecule has 0 unspecified atom stereocenters. The van der Waals surface area contributed by atoms with Gasteiger partial charge in [-0.1, -0.05) is 18.0 Å². The summed E-state index contributed by atoms with van der Waals surface area (Å²) in [5, 5.41) is 7.19. The molecule has 1 N–H and O–H groups in total. The highest BCUT2D eigenvalue weighted by atomic mass is 35.5. The number of rotatable bonds is 3. The summed E-state index contributed by atoms with van der Waals surface area (Å²) in [6.07, 6.45) is 5.23. The van der Waals surface area contributed by atoms with Crippen LogP contribution >= 0.6 is 11.6 Å². The van der Waals surface area contributed by atoms with Crippen molar-refractivity contribution in [2.75, 3.05) is 6.54 Å². The predicted molar refractivity (Wildman–Crippen MR) is 57.9 cm³/mol. The van der Waals surface area contributed by atoms with E-state index >= 15 is 0 Å². The van der Waals surface area contributed by atoms with Gasteiger partial charge in [0.2, 0.25) is 0 Å². The highest BCUT2D eigenvalue weighted by Gasteiger charge is 2.20. The lowest BCUT2D eigenvalue weighted by Crippen LogP contribution is -2.32. The van der Waals surface area contributed by atoms with Crippen LogP contribution in [0.5, 0.6) is 0 Å². The third-order valence-corrected chi connectivity index (χ3v) is 3.34. The van der Waals surface area contributed by atoms with E-state index in [1.165, 1.54) is 30.1 Å². The molecule has 4 nitrogen and oxygen atoms in total. The lowest BCUT2D eigenvalue weighted by Gasteiger charge is -2.25. The molecule has 0 aromatic carbocycles. The van der Waals surface area contributed by atoms with Gasteiger partial charge in [-0.05, 0) is 18.8 Å². The molecular weight excluding hydrogens is 214 g/mol. The molecule has 0 spiro atoms. The molecule has 0 saturated heterocycles. The number of carbonyl (C=O) groups excluding carboxylic acids is 1. The Bertz CT molecular complexity index is 371. The molecule has 1 aromatic heterocycles. The SMILES string of the molecule is Cn1ncc(C(=O)NCC2CCC2)c1Cl. The molecule has 0 atom stereocenters. The number of carbonyl (C=O) groups is 1. The number of nitrogens with one attached hydrogen (secondary N) is 1. The third kappa shape index (κ3) is 2.15. The minimum Gasteiger partial charge on any atom is -0.352 e. The van der Waals surface area contributed by atoms with Gasteiger partial charge in [0.1, 0.15) is 5.15 Å². The van der Waals surface area contributed by atoms with Crippen molar-refractivity contribution in [2.45, 2.75) is 19.3 Å². The first-order chi connectivity index (χ1) is 7.18. The van der Waals surface area contributed by atoms with Gasteiger partial charge in [0.25, 0.3) is 5.91 Å². The maximum atomic E-state index is 11.7. The monoisotopic (exact) mass is 227 g/mol. The number of aromatic nitrogens is 2. The van der Waals surface area contributed by atoms with Gasteiger partial charge in [0, 0.05) is 13.6 Å². The first-order valence-electron chi connectivity index (χ1n) is 5.14. The second-order valence-corrected chi connectivity index (χ2v) is 4.34. The van der Waals surface area contributed by atoms with Crippen molar-refractivity contribution < 1.29 is 4.79 Å². The topological polar surface area (TPSA) is 46.9 Å². The number of hydrogen-bond donors (Lipinski definition) is 1. The molecule has 2 rings (SSSR count). The van der Waals surface area contributed by atoms with E-state index < -0.39 is 0 Å². The van der Waals surface area contributed by atoms with Crippen LogP contribution in [0, 0.1) is 5.92 Å². The van der Waals surface area contributed by atoms with Gasteiger partial charge in [-0.2, -0.15) is 5.10 Å². The summed E-state index contributed by atoms with van der Waals surface area (Å²) >= 11 is 5.91. The summed E-state index contributed by atoms with van der Waals surface area (Å²) in [6.45, 7) is 0.754. The Morgan fingerprint density at radius 2 is 2.47 bits per heavy atom. The fourth-order valence-electron chi connectivity index (χ4n) is 1.60. The average molecular weight is 228 g/mol. The van der Waals surface area contributed by atoms with Crippen molar-refractivity contribution >= 4 is 17.5 Å². The van der Waals surface area contributed by atoms with E-state index in [1.807, 2.05) is 0 Å². The predicted octanol–water partition coefficient (Wildman–Crippen LogP) is 1.60. The standard InChI is InChI=1S/C10H14ClN3O/c1-14-9(11)8(6-13-14)10(15)12-5-7-3-2-4-7/h6-7H,2-5H2,1H3,(H,12,15). The molecule has 1 heterocycles. The number of hydrogen-bond acceptors (Lipinski definition) is 2. The molecule has 1 amide bonds. The van der Waals surface area contributed by atoms with Crippen molar-refractivity contribution in [3.8, 4) is 0 Å². The summed E-state index contributed by atoms with van der Waals surface area (Å²) in [6, 6.07) is 0. The number of aryl methyl sites for hydroxylation is 1. The normalized spacial score (nSPS) is 16.1. The highest BCUT2D eigenvalue weighted by molar-refractivity contribution is 6.32. The summed E-state index contributed by atoms with van der Waals surface area (Å²) < 4.78 is 1.49. The lowest BCUT2D eigenvalue weighted by atomic mass is 9.85. The van der Waals surface area contributed by atoms with Gasteiger partial charge in [-0.15, -0.1) is 0 Å². The van der Waals surface area contributed by atoms with Crippen molar-refractivity contribution in [1.82, 2.24) is 15.1 Å². The lowest BCUT2D eigenvalue weighted by molar-refractivity contribution is 0.0939. The third-order valence-electron chi connectivity index (χ3n) is 2.89. The van der Waals surface area contributed by atoms with E-state index in [0.717, 1.165) is 6.54 Å². The Hall–Kier alpha value is -1.03. The molecule has 1 aromatic rings.